The van der Waals surface area contributed by atoms with E-state index in [0.29, 0.717) is 16.7 Å². The molecular weight excluding hydrogens is 578 g/mol. The summed E-state index contributed by atoms with van der Waals surface area (Å²) in [6, 6.07) is 5.28. The fourth-order valence-electron chi connectivity index (χ4n) is 4.87. The Labute approximate surface area is 230 Å². The van der Waals surface area contributed by atoms with E-state index in [4.69, 9.17) is 11.6 Å². The van der Waals surface area contributed by atoms with Gasteiger partial charge in [0.05, 0.1) is 12.8 Å². The average molecular weight is 605 g/mol. The molecule has 3 unspecified atom stereocenters. The number of piperazine rings is 1. The number of hydrogen-bond acceptors (Lipinski definition) is 6. The van der Waals surface area contributed by atoms with Gasteiger partial charge in [-0.3, -0.25) is 9.59 Å². The molecule has 2 heterocycles. The fraction of sp³-hybridized carbons (Fsp3) is 0.417. The molecule has 212 valence electrons. The Hall–Kier alpha value is -2.65. The van der Waals surface area contributed by atoms with Gasteiger partial charge in [0.25, 0.3) is 0 Å². The van der Waals surface area contributed by atoms with Crippen molar-refractivity contribution in [2.45, 2.75) is 49.5 Å². The van der Waals surface area contributed by atoms with Gasteiger partial charge in [0.1, 0.15) is 34.8 Å². The number of carbonyl (C=O) groups excluding carboxylic acids is 2. The summed E-state index contributed by atoms with van der Waals surface area (Å²) >= 11 is 5.98. The first-order valence-corrected chi connectivity index (χ1v) is 15.6. The molecule has 0 aliphatic carbocycles. The number of nitrogens with zero attached hydrogens (tertiary/aromatic N) is 3. The predicted molar refractivity (Wildman–Crippen MR) is 138 cm³/mol. The van der Waals surface area contributed by atoms with E-state index in [1.807, 2.05) is 0 Å². The van der Waals surface area contributed by atoms with Crippen molar-refractivity contribution in [1.82, 2.24) is 18.8 Å². The molecule has 39 heavy (non-hydrogen) atoms. The van der Waals surface area contributed by atoms with Crippen molar-refractivity contribution in [2.75, 3.05) is 19.3 Å². The standard InChI is InChI=1S/C24H27ClF2N4O6S2/c1-14(2)29-13-22-30(39(36,37)21-9-8-17(26)11-18(21)27)12-19(28-38(3,34)35)23(32)31(22)20(24(29)33)10-15-4-6-16(25)7-5-15/h4-9,11,14,19-20,22,28H,10,12-13H2,1-3H3. The molecule has 0 bridgehead atoms. The van der Waals surface area contributed by atoms with Crippen LogP contribution < -0.4 is 4.72 Å². The molecule has 4 rings (SSSR count). The molecule has 2 fully saturated rings. The van der Waals surface area contributed by atoms with E-state index >= 15 is 0 Å². The Balaban J connectivity index is 1.87. The van der Waals surface area contributed by atoms with Crippen LogP contribution in [0.4, 0.5) is 8.78 Å². The number of benzene rings is 2. The number of halogens is 3. The van der Waals surface area contributed by atoms with Crippen LogP contribution in [0.15, 0.2) is 47.4 Å². The Kier molecular flexibility index (Phi) is 8.07. The first kappa shape index (κ1) is 29.3. The van der Waals surface area contributed by atoms with Gasteiger partial charge in [-0.2, -0.15) is 4.31 Å². The van der Waals surface area contributed by atoms with Gasteiger partial charge in [0, 0.05) is 30.1 Å². The lowest BCUT2D eigenvalue weighted by molar-refractivity contribution is -0.168. The summed E-state index contributed by atoms with van der Waals surface area (Å²) in [4.78, 5) is 29.0. The highest BCUT2D eigenvalue weighted by Crippen LogP contribution is 2.33. The van der Waals surface area contributed by atoms with E-state index in [2.05, 4.69) is 4.72 Å². The summed E-state index contributed by atoms with van der Waals surface area (Å²) < 4.78 is 83.0. The van der Waals surface area contributed by atoms with Crippen molar-refractivity contribution in [3.63, 3.8) is 0 Å². The molecule has 2 aliphatic rings. The lowest BCUT2D eigenvalue weighted by Gasteiger charge is -2.54. The third-order valence-electron chi connectivity index (χ3n) is 6.64. The van der Waals surface area contributed by atoms with Crippen LogP contribution in [0, 0.1) is 11.6 Å². The van der Waals surface area contributed by atoms with Gasteiger partial charge in [-0.15, -0.1) is 0 Å². The number of sulfonamides is 2. The molecule has 0 aromatic heterocycles. The van der Waals surface area contributed by atoms with Gasteiger partial charge >= 0.3 is 0 Å². The maximum atomic E-state index is 14.7. The SMILES string of the molecule is CC(C)N1CC2N(C(=O)C(NS(C)(=O)=O)CN2S(=O)(=O)c2ccc(F)cc2F)C(Cc2ccc(Cl)cc2)C1=O. The fourth-order valence-corrected chi connectivity index (χ4v) is 7.32. The van der Waals surface area contributed by atoms with Gasteiger partial charge in [-0.05, 0) is 43.7 Å². The minimum absolute atomic E-state index is 0.0220. The van der Waals surface area contributed by atoms with Crippen LogP contribution in [0.1, 0.15) is 19.4 Å². The molecule has 10 nitrogen and oxygen atoms in total. The summed E-state index contributed by atoms with van der Waals surface area (Å²) in [7, 11) is -8.77. The third kappa shape index (κ3) is 5.94. The summed E-state index contributed by atoms with van der Waals surface area (Å²) in [6.45, 7) is 2.54. The molecule has 2 aliphatic heterocycles. The van der Waals surface area contributed by atoms with E-state index in [-0.39, 0.29) is 19.0 Å². The third-order valence-corrected chi connectivity index (χ3v) is 9.50. The molecule has 2 aromatic carbocycles. The zero-order valence-electron chi connectivity index (χ0n) is 21.2. The van der Waals surface area contributed by atoms with Crippen molar-refractivity contribution in [3.05, 3.63) is 64.7 Å². The summed E-state index contributed by atoms with van der Waals surface area (Å²) in [6.07, 6.45) is -0.508. The lowest BCUT2D eigenvalue weighted by atomic mass is 9.96. The number of nitrogens with one attached hydrogen (secondary N) is 1. The normalized spacial score (nSPS) is 22.9. The van der Waals surface area contributed by atoms with Crippen LogP contribution in [0.5, 0.6) is 0 Å². The zero-order chi connectivity index (χ0) is 28.9. The first-order chi connectivity index (χ1) is 18.1. The topological polar surface area (TPSA) is 124 Å². The first-order valence-electron chi connectivity index (χ1n) is 11.9. The molecule has 15 heteroatoms. The van der Waals surface area contributed by atoms with E-state index < -0.39 is 73.2 Å². The molecule has 3 atom stereocenters. The van der Waals surface area contributed by atoms with Crippen LogP contribution >= 0.6 is 11.6 Å². The van der Waals surface area contributed by atoms with Gasteiger partial charge in [-0.25, -0.2) is 30.3 Å². The second-order valence-corrected chi connectivity index (χ2v) is 13.8. The Morgan fingerprint density at radius 1 is 1.00 bits per heavy atom. The van der Waals surface area contributed by atoms with E-state index in [1.165, 1.54) is 4.90 Å². The second-order valence-electron chi connectivity index (χ2n) is 9.75. The van der Waals surface area contributed by atoms with Crippen LogP contribution in [-0.2, 0) is 36.1 Å². The van der Waals surface area contributed by atoms with E-state index in [9.17, 15) is 35.2 Å². The minimum atomic E-state index is -4.75. The molecular formula is C24H27ClF2N4O6S2. The monoisotopic (exact) mass is 604 g/mol. The van der Waals surface area contributed by atoms with Gasteiger partial charge in [0.15, 0.2) is 0 Å². The average Bonchev–Trinajstić information content (AvgIpc) is 2.82. The van der Waals surface area contributed by atoms with Crippen LogP contribution in [0.3, 0.4) is 0 Å². The van der Waals surface area contributed by atoms with Gasteiger partial charge in [-0.1, -0.05) is 23.7 Å². The van der Waals surface area contributed by atoms with Crippen molar-refractivity contribution >= 4 is 43.5 Å². The molecule has 0 spiro atoms. The highest BCUT2D eigenvalue weighted by atomic mass is 35.5. The Bertz CT molecular complexity index is 1500. The van der Waals surface area contributed by atoms with Crippen molar-refractivity contribution in [3.8, 4) is 0 Å². The summed E-state index contributed by atoms with van der Waals surface area (Å²) in [5.74, 6) is -3.60. The highest BCUT2D eigenvalue weighted by molar-refractivity contribution is 7.89. The highest BCUT2D eigenvalue weighted by Gasteiger charge is 2.54. The van der Waals surface area contributed by atoms with Crippen molar-refractivity contribution in [2.24, 2.45) is 0 Å². The molecule has 2 saturated heterocycles. The van der Waals surface area contributed by atoms with E-state index in [0.717, 1.165) is 27.6 Å². The van der Waals surface area contributed by atoms with Crippen molar-refractivity contribution in [1.29, 1.82) is 0 Å². The predicted octanol–water partition coefficient (Wildman–Crippen LogP) is 1.56. The Morgan fingerprint density at radius 2 is 1.64 bits per heavy atom. The van der Waals surface area contributed by atoms with Crippen molar-refractivity contribution < 1.29 is 35.2 Å². The van der Waals surface area contributed by atoms with Gasteiger partial charge < -0.3 is 9.80 Å². The maximum absolute atomic E-state index is 14.7. The molecule has 2 amide bonds. The molecule has 0 radical (unpaired) electrons. The molecule has 1 N–H and O–H groups in total. The zero-order valence-corrected chi connectivity index (χ0v) is 23.6. The number of hydrogen-bond donors (Lipinski definition) is 1. The van der Waals surface area contributed by atoms with Crippen LogP contribution in [0.25, 0.3) is 0 Å². The summed E-state index contributed by atoms with van der Waals surface area (Å²) in [5, 5.41) is 0.445. The van der Waals surface area contributed by atoms with E-state index in [1.54, 1.807) is 38.1 Å². The lowest BCUT2D eigenvalue weighted by Crippen LogP contribution is -2.76. The number of amides is 2. The van der Waals surface area contributed by atoms with Crippen LogP contribution in [0.2, 0.25) is 5.02 Å². The number of rotatable bonds is 7. The Morgan fingerprint density at radius 3 is 2.21 bits per heavy atom. The number of fused-ring (bicyclic) bond motifs is 1. The smallest absolute Gasteiger partial charge is 0.247 e. The maximum Gasteiger partial charge on any atom is 0.247 e. The summed E-state index contributed by atoms with van der Waals surface area (Å²) in [5.41, 5.74) is 0.618. The number of carbonyl (C=O) groups is 2. The second kappa shape index (κ2) is 10.7. The van der Waals surface area contributed by atoms with Gasteiger partial charge in [0.2, 0.25) is 31.9 Å². The quantitative estimate of drug-likeness (QED) is 0.512. The molecule has 2 aromatic rings. The van der Waals surface area contributed by atoms with Crippen LogP contribution in [-0.4, -0.2) is 86.4 Å². The minimum Gasteiger partial charge on any atom is -0.335 e. The largest absolute Gasteiger partial charge is 0.335 e. The molecule has 0 saturated carbocycles.